The molecule has 0 aromatic carbocycles. The number of hydrogen-bond donors (Lipinski definition) is 0. The van der Waals surface area contributed by atoms with E-state index < -0.39 is 0 Å². The highest BCUT2D eigenvalue weighted by atomic mass is 14.1. The van der Waals surface area contributed by atoms with E-state index in [4.69, 9.17) is 0 Å². The Morgan fingerprint density at radius 3 is 1.70 bits per heavy atom. The fraction of sp³-hybridized carbons (Fsp3) is 0.800. The molecule has 0 saturated carbocycles. The second-order valence-corrected chi connectivity index (χ2v) is 2.84. The Kier molecular flexibility index (Phi) is 8.51. The zero-order valence-corrected chi connectivity index (χ0v) is 8.36. The molecular weight excluding hydrogens is 120 g/mol. The minimum absolute atomic E-state index is 0.411. The highest BCUT2D eigenvalue weighted by molar-refractivity contribution is 4.91. The van der Waals surface area contributed by atoms with Crippen LogP contribution in [0.25, 0.3) is 0 Å². The van der Waals surface area contributed by atoms with Crippen LogP contribution in [0.2, 0.25) is 0 Å². The molecule has 0 aliphatic rings. The van der Waals surface area contributed by atoms with Crippen molar-refractivity contribution in [2.45, 2.75) is 48.0 Å². The third-order valence-corrected chi connectivity index (χ3v) is 1.53. The van der Waals surface area contributed by atoms with Crippen LogP contribution in [0, 0.1) is 5.41 Å². The van der Waals surface area contributed by atoms with Crippen LogP contribution in [-0.2, 0) is 0 Å². The van der Waals surface area contributed by atoms with E-state index in [2.05, 4.69) is 39.8 Å². The normalized spacial score (nSPS) is 11.0. The zero-order chi connectivity index (χ0) is 8.62. The van der Waals surface area contributed by atoms with Crippen molar-refractivity contribution in [2.24, 2.45) is 5.41 Å². The summed E-state index contributed by atoms with van der Waals surface area (Å²) in [6.45, 7) is 12.8. The Morgan fingerprint density at radius 2 is 1.60 bits per heavy atom. The first-order valence-electron chi connectivity index (χ1n) is 4.26. The quantitative estimate of drug-likeness (QED) is 0.511. The molecule has 0 N–H and O–H groups in total. The summed E-state index contributed by atoms with van der Waals surface area (Å²) in [6.07, 6.45) is 5.58. The maximum atomic E-state index is 2.24. The number of rotatable bonds is 2. The van der Waals surface area contributed by atoms with Gasteiger partial charge in [0.1, 0.15) is 0 Å². The molecule has 0 aromatic heterocycles. The van der Waals surface area contributed by atoms with Crippen molar-refractivity contribution >= 4 is 0 Å². The summed E-state index contributed by atoms with van der Waals surface area (Å²) in [4.78, 5) is 0. The van der Waals surface area contributed by atoms with Gasteiger partial charge in [0.05, 0.1) is 0 Å². The van der Waals surface area contributed by atoms with Gasteiger partial charge in [0.15, 0.2) is 0 Å². The van der Waals surface area contributed by atoms with E-state index >= 15 is 0 Å². The molecule has 10 heavy (non-hydrogen) atoms. The van der Waals surface area contributed by atoms with Crippen molar-refractivity contribution in [1.82, 2.24) is 0 Å². The standard InChI is InChI=1S/C8H16.C2H6/c1-5-7-8(3,4)6-2;1-2/h5,7H,6H2,1-4H3;1-2H3/b7-5-;. The van der Waals surface area contributed by atoms with Gasteiger partial charge in [-0.3, -0.25) is 0 Å². The maximum absolute atomic E-state index is 2.24. The van der Waals surface area contributed by atoms with E-state index in [0.717, 1.165) is 0 Å². The van der Waals surface area contributed by atoms with E-state index in [1.807, 2.05) is 13.8 Å². The molecule has 0 rings (SSSR count). The van der Waals surface area contributed by atoms with Crippen molar-refractivity contribution in [3.8, 4) is 0 Å². The van der Waals surface area contributed by atoms with Gasteiger partial charge >= 0.3 is 0 Å². The first kappa shape index (κ1) is 12.4. The minimum Gasteiger partial charge on any atom is -0.0911 e. The topological polar surface area (TPSA) is 0 Å². The lowest BCUT2D eigenvalue weighted by Crippen LogP contribution is -2.03. The molecule has 0 unspecified atom stereocenters. The van der Waals surface area contributed by atoms with Crippen molar-refractivity contribution in [1.29, 1.82) is 0 Å². The van der Waals surface area contributed by atoms with Gasteiger partial charge in [-0.1, -0.05) is 46.8 Å². The Labute approximate surface area is 66.3 Å². The van der Waals surface area contributed by atoms with E-state index in [-0.39, 0.29) is 0 Å². The molecule has 0 aliphatic carbocycles. The minimum atomic E-state index is 0.411. The van der Waals surface area contributed by atoms with Crippen molar-refractivity contribution in [2.75, 3.05) is 0 Å². The first-order valence-corrected chi connectivity index (χ1v) is 4.26. The monoisotopic (exact) mass is 142 g/mol. The summed E-state index contributed by atoms with van der Waals surface area (Å²) in [7, 11) is 0. The largest absolute Gasteiger partial charge is 0.0911 e. The van der Waals surface area contributed by atoms with Crippen molar-refractivity contribution in [3.63, 3.8) is 0 Å². The third kappa shape index (κ3) is 7.74. The average molecular weight is 142 g/mol. The van der Waals surface area contributed by atoms with Crippen LogP contribution in [-0.4, -0.2) is 0 Å². The summed E-state index contributed by atoms with van der Waals surface area (Å²) in [5.74, 6) is 0. The Bertz CT molecular complexity index is 78.0. The van der Waals surface area contributed by atoms with Crippen LogP contribution in [0.3, 0.4) is 0 Å². The lowest BCUT2D eigenvalue weighted by atomic mass is 9.90. The summed E-state index contributed by atoms with van der Waals surface area (Å²) < 4.78 is 0. The van der Waals surface area contributed by atoms with Crippen LogP contribution in [0.4, 0.5) is 0 Å². The summed E-state index contributed by atoms with van der Waals surface area (Å²) in [5, 5.41) is 0. The Hall–Kier alpha value is -0.260. The molecule has 0 saturated heterocycles. The predicted octanol–water partition coefficient (Wildman–Crippen LogP) is 4.02. The number of hydrogen-bond acceptors (Lipinski definition) is 0. The van der Waals surface area contributed by atoms with Gasteiger partial charge in [-0.15, -0.1) is 0 Å². The molecule has 0 aromatic rings. The fourth-order valence-corrected chi connectivity index (χ4v) is 0.569. The smallest absolute Gasteiger partial charge is 0.0178 e. The molecule has 0 fully saturated rings. The molecule has 0 spiro atoms. The molecule has 0 heterocycles. The third-order valence-electron chi connectivity index (χ3n) is 1.53. The Morgan fingerprint density at radius 1 is 1.20 bits per heavy atom. The van der Waals surface area contributed by atoms with Crippen molar-refractivity contribution < 1.29 is 0 Å². The zero-order valence-electron chi connectivity index (χ0n) is 8.36. The van der Waals surface area contributed by atoms with E-state index in [1.165, 1.54) is 6.42 Å². The first-order chi connectivity index (χ1) is 4.62. The summed E-state index contributed by atoms with van der Waals surface area (Å²) >= 11 is 0. The second-order valence-electron chi connectivity index (χ2n) is 2.84. The van der Waals surface area contributed by atoms with Crippen LogP contribution in [0.1, 0.15) is 48.0 Å². The molecule has 0 bridgehead atoms. The molecule has 0 aliphatic heterocycles. The van der Waals surface area contributed by atoms with Crippen LogP contribution in [0.5, 0.6) is 0 Å². The molecule has 0 amide bonds. The lowest BCUT2D eigenvalue weighted by molar-refractivity contribution is 0.461. The van der Waals surface area contributed by atoms with Crippen molar-refractivity contribution in [3.05, 3.63) is 12.2 Å². The van der Waals surface area contributed by atoms with Gasteiger partial charge in [-0.25, -0.2) is 0 Å². The number of allylic oxidation sites excluding steroid dienone is 2. The van der Waals surface area contributed by atoms with Gasteiger partial charge in [0.2, 0.25) is 0 Å². The predicted molar refractivity (Wildman–Crippen MR) is 50.2 cm³/mol. The summed E-state index contributed by atoms with van der Waals surface area (Å²) in [6, 6.07) is 0. The molecular formula is C10H22. The van der Waals surface area contributed by atoms with Gasteiger partial charge in [0.25, 0.3) is 0 Å². The SMILES string of the molecule is C/C=C\C(C)(C)CC.CC. The summed E-state index contributed by atoms with van der Waals surface area (Å²) in [5.41, 5.74) is 0.411. The maximum Gasteiger partial charge on any atom is -0.0178 e. The lowest BCUT2D eigenvalue weighted by Gasteiger charge is -2.15. The molecule has 0 radical (unpaired) electrons. The highest BCUT2D eigenvalue weighted by Crippen LogP contribution is 2.20. The molecule has 0 nitrogen and oxygen atoms in total. The van der Waals surface area contributed by atoms with Crippen LogP contribution < -0.4 is 0 Å². The second kappa shape index (κ2) is 6.85. The molecule has 0 heteroatoms. The van der Waals surface area contributed by atoms with E-state index in [9.17, 15) is 0 Å². The molecule has 0 atom stereocenters. The van der Waals surface area contributed by atoms with E-state index in [0.29, 0.717) is 5.41 Å². The fourth-order valence-electron chi connectivity index (χ4n) is 0.569. The van der Waals surface area contributed by atoms with Crippen LogP contribution >= 0.6 is 0 Å². The van der Waals surface area contributed by atoms with Gasteiger partial charge in [-0.05, 0) is 18.8 Å². The molecule has 62 valence electrons. The van der Waals surface area contributed by atoms with E-state index in [1.54, 1.807) is 0 Å². The Balaban J connectivity index is 0. The van der Waals surface area contributed by atoms with Gasteiger partial charge < -0.3 is 0 Å². The van der Waals surface area contributed by atoms with Gasteiger partial charge in [-0.2, -0.15) is 0 Å². The highest BCUT2D eigenvalue weighted by Gasteiger charge is 2.07. The average Bonchev–Trinajstić information content (AvgIpc) is 1.93. The van der Waals surface area contributed by atoms with Crippen LogP contribution in [0.15, 0.2) is 12.2 Å². The van der Waals surface area contributed by atoms with Gasteiger partial charge in [0, 0.05) is 0 Å².